The lowest BCUT2D eigenvalue weighted by Gasteiger charge is -2.14. The molecule has 0 atom stereocenters. The monoisotopic (exact) mass is 426 g/mol. The molecule has 4 aromatic rings. The van der Waals surface area contributed by atoms with E-state index in [4.69, 9.17) is 4.98 Å². The molecule has 134 valence electrons. The average molecular weight is 427 g/mol. The number of pyridine rings is 2. The fourth-order valence-corrected chi connectivity index (χ4v) is 3.17. The zero-order valence-corrected chi connectivity index (χ0v) is 16.4. The van der Waals surface area contributed by atoms with E-state index in [1.807, 2.05) is 78.9 Å². The van der Waals surface area contributed by atoms with Crippen molar-refractivity contribution in [3.05, 3.63) is 95.1 Å². The molecule has 0 bridgehead atoms. The molecule has 2 aromatic carbocycles. The van der Waals surface area contributed by atoms with Crippen LogP contribution in [0.1, 0.15) is 5.56 Å². The number of para-hydroxylation sites is 1. The number of nitrogens with zero attached hydrogens (tertiary/aromatic N) is 3. The van der Waals surface area contributed by atoms with E-state index in [0.717, 1.165) is 27.0 Å². The van der Waals surface area contributed by atoms with Gasteiger partial charge in [0.25, 0.3) is 0 Å². The van der Waals surface area contributed by atoms with Crippen LogP contribution in [0.25, 0.3) is 22.5 Å². The molecule has 1 N–H and O–H groups in total. The number of halogens is 1. The molecule has 0 spiro atoms. The van der Waals surface area contributed by atoms with E-state index in [0.29, 0.717) is 17.1 Å². The molecule has 0 fully saturated rings. The van der Waals surface area contributed by atoms with Crippen molar-refractivity contribution in [2.24, 2.45) is 0 Å². The van der Waals surface area contributed by atoms with Crippen molar-refractivity contribution in [3.63, 3.8) is 0 Å². The Morgan fingerprint density at radius 2 is 1.61 bits per heavy atom. The summed E-state index contributed by atoms with van der Waals surface area (Å²) in [5.41, 5.74) is 4.56. The average Bonchev–Trinajstić information content (AvgIpc) is 2.75. The van der Waals surface area contributed by atoms with Gasteiger partial charge in [-0.2, -0.15) is 5.26 Å². The van der Waals surface area contributed by atoms with E-state index in [1.165, 1.54) is 0 Å². The molecule has 0 unspecified atom stereocenters. The highest BCUT2D eigenvalue weighted by Crippen LogP contribution is 2.33. The minimum atomic E-state index is 0.492. The van der Waals surface area contributed by atoms with Crippen molar-refractivity contribution < 1.29 is 0 Å². The Balaban J connectivity index is 1.92. The van der Waals surface area contributed by atoms with Crippen molar-refractivity contribution in [2.45, 2.75) is 0 Å². The highest BCUT2D eigenvalue weighted by atomic mass is 79.9. The number of nitrogens with one attached hydrogen (secondary N) is 1. The van der Waals surface area contributed by atoms with Gasteiger partial charge in [-0.15, -0.1) is 0 Å². The molecule has 28 heavy (non-hydrogen) atoms. The predicted octanol–water partition coefficient (Wildman–Crippen LogP) is 6.19. The maximum Gasteiger partial charge on any atom is 0.149 e. The number of hydrogen-bond donors (Lipinski definition) is 1. The Hall–Kier alpha value is -3.49. The van der Waals surface area contributed by atoms with Crippen LogP contribution >= 0.6 is 15.9 Å². The number of nitriles is 1. The van der Waals surface area contributed by atoms with Gasteiger partial charge in [0.2, 0.25) is 0 Å². The van der Waals surface area contributed by atoms with E-state index >= 15 is 0 Å². The fourth-order valence-electron chi connectivity index (χ4n) is 2.91. The van der Waals surface area contributed by atoms with E-state index in [-0.39, 0.29) is 0 Å². The van der Waals surface area contributed by atoms with Gasteiger partial charge in [0, 0.05) is 21.9 Å². The number of hydrogen-bond acceptors (Lipinski definition) is 4. The first kappa shape index (κ1) is 17.9. The lowest BCUT2D eigenvalue weighted by molar-refractivity contribution is 1.23. The molecule has 0 saturated carbocycles. The molecule has 4 rings (SSSR count). The van der Waals surface area contributed by atoms with E-state index in [1.54, 1.807) is 6.20 Å². The molecule has 2 heterocycles. The minimum Gasteiger partial charge on any atom is -0.339 e. The minimum absolute atomic E-state index is 0.492. The molecule has 0 amide bonds. The Morgan fingerprint density at radius 3 is 2.29 bits per heavy atom. The zero-order chi connectivity index (χ0) is 19.3. The summed E-state index contributed by atoms with van der Waals surface area (Å²) in [5.74, 6) is 0.509. The third-order valence-corrected chi connectivity index (χ3v) is 4.78. The highest BCUT2D eigenvalue weighted by molar-refractivity contribution is 9.10. The van der Waals surface area contributed by atoms with Crippen LogP contribution in [-0.2, 0) is 0 Å². The van der Waals surface area contributed by atoms with Gasteiger partial charge < -0.3 is 5.32 Å². The summed E-state index contributed by atoms with van der Waals surface area (Å²) < 4.78 is 0.983. The van der Waals surface area contributed by atoms with E-state index < -0.39 is 0 Å². The van der Waals surface area contributed by atoms with Crippen molar-refractivity contribution >= 4 is 27.4 Å². The summed E-state index contributed by atoms with van der Waals surface area (Å²) in [6, 6.07) is 27.5. The second kappa shape index (κ2) is 8.03. The zero-order valence-electron chi connectivity index (χ0n) is 14.8. The van der Waals surface area contributed by atoms with Gasteiger partial charge in [-0.25, -0.2) is 4.98 Å². The normalized spacial score (nSPS) is 10.3. The molecule has 0 aliphatic carbocycles. The molecule has 2 aromatic heterocycles. The topological polar surface area (TPSA) is 61.6 Å². The summed E-state index contributed by atoms with van der Waals surface area (Å²) in [4.78, 5) is 9.13. The van der Waals surface area contributed by atoms with Crippen LogP contribution in [0.4, 0.5) is 11.5 Å². The first-order chi connectivity index (χ1) is 13.7. The lowest BCUT2D eigenvalue weighted by Crippen LogP contribution is -2.01. The third-order valence-electron chi connectivity index (χ3n) is 4.25. The van der Waals surface area contributed by atoms with Crippen molar-refractivity contribution in [2.75, 3.05) is 5.32 Å². The second-order valence-corrected chi connectivity index (χ2v) is 7.02. The summed E-state index contributed by atoms with van der Waals surface area (Å²) in [6.07, 6.45) is 1.73. The first-order valence-corrected chi connectivity index (χ1v) is 9.48. The van der Waals surface area contributed by atoms with Crippen LogP contribution < -0.4 is 5.32 Å². The molecule has 0 aliphatic heterocycles. The fraction of sp³-hybridized carbons (Fsp3) is 0. The van der Waals surface area contributed by atoms with Gasteiger partial charge in [0.15, 0.2) is 0 Å². The molecule has 4 nitrogen and oxygen atoms in total. The molecule has 0 saturated heterocycles. The number of anilines is 2. The standard InChI is InChI=1S/C23H15BrN4/c24-17-11-9-16(10-12-17)19-14-22(21-8-4-5-13-26-21)28-23(20(19)15-25)27-18-6-2-1-3-7-18/h1-14H,(H,27,28). The van der Waals surface area contributed by atoms with Crippen molar-refractivity contribution in [3.8, 4) is 28.6 Å². The van der Waals surface area contributed by atoms with Crippen LogP contribution in [0.3, 0.4) is 0 Å². The predicted molar refractivity (Wildman–Crippen MR) is 115 cm³/mol. The van der Waals surface area contributed by atoms with Gasteiger partial charge in [-0.05, 0) is 48.0 Å². The third kappa shape index (κ3) is 3.78. The first-order valence-electron chi connectivity index (χ1n) is 8.69. The van der Waals surface area contributed by atoms with Crippen LogP contribution in [-0.4, -0.2) is 9.97 Å². The Bertz CT molecular complexity index is 1140. The second-order valence-electron chi connectivity index (χ2n) is 6.10. The van der Waals surface area contributed by atoms with Gasteiger partial charge in [-0.3, -0.25) is 4.98 Å². The van der Waals surface area contributed by atoms with Crippen molar-refractivity contribution in [1.29, 1.82) is 5.26 Å². The number of benzene rings is 2. The maximum atomic E-state index is 9.90. The largest absolute Gasteiger partial charge is 0.339 e. The Kier molecular flexibility index (Phi) is 5.14. The lowest BCUT2D eigenvalue weighted by atomic mass is 9.99. The van der Waals surface area contributed by atoms with E-state index in [9.17, 15) is 5.26 Å². The number of rotatable bonds is 4. The van der Waals surface area contributed by atoms with Crippen LogP contribution in [0, 0.1) is 11.3 Å². The summed E-state index contributed by atoms with van der Waals surface area (Å²) in [7, 11) is 0. The summed E-state index contributed by atoms with van der Waals surface area (Å²) in [5, 5.41) is 13.2. The highest BCUT2D eigenvalue weighted by Gasteiger charge is 2.16. The van der Waals surface area contributed by atoms with Gasteiger partial charge >= 0.3 is 0 Å². The molecule has 0 aliphatic rings. The van der Waals surface area contributed by atoms with Crippen molar-refractivity contribution in [1.82, 2.24) is 9.97 Å². The van der Waals surface area contributed by atoms with Gasteiger partial charge in [0.1, 0.15) is 17.5 Å². The Morgan fingerprint density at radius 1 is 0.857 bits per heavy atom. The SMILES string of the molecule is N#Cc1c(-c2ccc(Br)cc2)cc(-c2ccccn2)nc1Nc1ccccc1. The number of aromatic nitrogens is 2. The van der Waals surface area contributed by atoms with Crippen LogP contribution in [0.5, 0.6) is 0 Å². The van der Waals surface area contributed by atoms with Crippen LogP contribution in [0.2, 0.25) is 0 Å². The summed E-state index contributed by atoms with van der Waals surface area (Å²) in [6.45, 7) is 0. The molecular formula is C23H15BrN4. The quantitative estimate of drug-likeness (QED) is 0.422. The van der Waals surface area contributed by atoms with Crippen LogP contribution in [0.15, 0.2) is 89.5 Å². The summed E-state index contributed by atoms with van der Waals surface area (Å²) >= 11 is 3.46. The molecule has 5 heteroatoms. The smallest absolute Gasteiger partial charge is 0.149 e. The molecule has 0 radical (unpaired) electrons. The van der Waals surface area contributed by atoms with Gasteiger partial charge in [-0.1, -0.05) is 52.3 Å². The van der Waals surface area contributed by atoms with Gasteiger partial charge in [0.05, 0.1) is 11.4 Å². The Labute approximate surface area is 171 Å². The molecular weight excluding hydrogens is 412 g/mol. The van der Waals surface area contributed by atoms with E-state index in [2.05, 4.69) is 32.3 Å². The maximum absolute atomic E-state index is 9.90.